The van der Waals surface area contributed by atoms with Crippen LogP contribution in [0.15, 0.2) is 42.5 Å². The predicted octanol–water partition coefficient (Wildman–Crippen LogP) is 3.51. The second-order valence-electron chi connectivity index (χ2n) is 7.87. The fraction of sp³-hybridized carbons (Fsp3) is 0.364. The number of amides is 2. The van der Waals surface area contributed by atoms with E-state index in [-0.39, 0.29) is 17.2 Å². The summed E-state index contributed by atoms with van der Waals surface area (Å²) in [4.78, 5) is 24.9. The van der Waals surface area contributed by atoms with E-state index in [1.165, 1.54) is 0 Å². The monoisotopic (exact) mass is 382 g/mol. The number of rotatable bonds is 4. The standard InChI is InChI=1S/C22H26N2O4/c1-14(23-21(26)15-5-7-16(8-6-15)22(2,3)4)20(25)24-17-9-10-18-19(13-17)28-12-11-27-18/h5-10,13-14H,11-12H2,1-4H3,(H,23,26)(H,24,25). The Bertz CT molecular complexity index is 869. The van der Waals surface area contributed by atoms with Crippen LogP contribution >= 0.6 is 0 Å². The molecule has 0 saturated heterocycles. The first-order chi connectivity index (χ1) is 13.2. The summed E-state index contributed by atoms with van der Waals surface area (Å²) in [6.07, 6.45) is 0. The third-order valence-electron chi connectivity index (χ3n) is 4.56. The van der Waals surface area contributed by atoms with Crippen LogP contribution in [0.4, 0.5) is 5.69 Å². The van der Waals surface area contributed by atoms with Crippen molar-refractivity contribution in [3.05, 3.63) is 53.6 Å². The topological polar surface area (TPSA) is 76.7 Å². The Morgan fingerprint density at radius 3 is 2.25 bits per heavy atom. The molecule has 0 radical (unpaired) electrons. The number of ether oxygens (including phenoxy) is 2. The highest BCUT2D eigenvalue weighted by atomic mass is 16.6. The number of nitrogens with one attached hydrogen (secondary N) is 2. The van der Waals surface area contributed by atoms with Gasteiger partial charge in [-0.1, -0.05) is 32.9 Å². The van der Waals surface area contributed by atoms with Crippen molar-refractivity contribution >= 4 is 17.5 Å². The van der Waals surface area contributed by atoms with Crippen molar-refractivity contribution in [2.24, 2.45) is 0 Å². The van der Waals surface area contributed by atoms with Gasteiger partial charge >= 0.3 is 0 Å². The van der Waals surface area contributed by atoms with Crippen LogP contribution < -0.4 is 20.1 Å². The molecule has 2 amide bonds. The number of hydrogen-bond donors (Lipinski definition) is 2. The molecule has 1 atom stereocenters. The Morgan fingerprint density at radius 1 is 0.964 bits per heavy atom. The first kappa shape index (κ1) is 19.7. The van der Waals surface area contributed by atoms with Gasteiger partial charge in [-0.2, -0.15) is 0 Å². The van der Waals surface area contributed by atoms with Crippen LogP contribution in [0.2, 0.25) is 0 Å². The molecule has 0 aliphatic carbocycles. The molecule has 1 aliphatic rings. The van der Waals surface area contributed by atoms with Gasteiger partial charge in [-0.25, -0.2) is 0 Å². The normalized spacial score (nSPS) is 14.1. The molecule has 0 aromatic heterocycles. The summed E-state index contributed by atoms with van der Waals surface area (Å²) in [5, 5.41) is 5.52. The Hall–Kier alpha value is -3.02. The number of fused-ring (bicyclic) bond motifs is 1. The quantitative estimate of drug-likeness (QED) is 0.848. The summed E-state index contributed by atoms with van der Waals surface area (Å²) in [5.41, 5.74) is 2.27. The molecule has 6 heteroatoms. The van der Waals surface area contributed by atoms with Crippen LogP contribution in [0.3, 0.4) is 0 Å². The van der Waals surface area contributed by atoms with Gasteiger partial charge in [0.15, 0.2) is 11.5 Å². The van der Waals surface area contributed by atoms with Crippen LogP contribution in [-0.2, 0) is 10.2 Å². The summed E-state index contributed by atoms with van der Waals surface area (Å²) in [7, 11) is 0. The fourth-order valence-corrected chi connectivity index (χ4v) is 2.84. The molecule has 1 aliphatic heterocycles. The molecule has 2 aromatic rings. The number of hydrogen-bond acceptors (Lipinski definition) is 4. The van der Waals surface area contributed by atoms with E-state index >= 15 is 0 Å². The van der Waals surface area contributed by atoms with E-state index in [9.17, 15) is 9.59 Å². The molecule has 1 unspecified atom stereocenters. The van der Waals surface area contributed by atoms with Crippen LogP contribution in [-0.4, -0.2) is 31.1 Å². The molecule has 0 bridgehead atoms. The smallest absolute Gasteiger partial charge is 0.251 e. The number of carbonyl (C=O) groups excluding carboxylic acids is 2. The van der Waals surface area contributed by atoms with Crippen LogP contribution in [0.25, 0.3) is 0 Å². The lowest BCUT2D eigenvalue weighted by Crippen LogP contribution is -2.41. The molecular weight excluding hydrogens is 356 g/mol. The van der Waals surface area contributed by atoms with Gasteiger partial charge in [0.25, 0.3) is 5.91 Å². The van der Waals surface area contributed by atoms with Crippen molar-refractivity contribution in [1.82, 2.24) is 5.32 Å². The third kappa shape index (κ3) is 4.63. The van der Waals surface area contributed by atoms with Crippen LogP contribution in [0.1, 0.15) is 43.6 Å². The molecule has 2 N–H and O–H groups in total. The van der Waals surface area contributed by atoms with Crippen LogP contribution in [0.5, 0.6) is 11.5 Å². The molecule has 0 spiro atoms. The second kappa shape index (κ2) is 7.92. The zero-order valence-corrected chi connectivity index (χ0v) is 16.7. The van der Waals surface area contributed by atoms with E-state index in [0.29, 0.717) is 36.0 Å². The number of anilines is 1. The Balaban J connectivity index is 1.60. The minimum atomic E-state index is -0.692. The summed E-state index contributed by atoms with van der Waals surface area (Å²) in [6, 6.07) is 12.0. The highest BCUT2D eigenvalue weighted by Crippen LogP contribution is 2.32. The molecule has 2 aromatic carbocycles. The van der Waals surface area contributed by atoms with Gasteiger partial charge < -0.3 is 20.1 Å². The van der Waals surface area contributed by atoms with Gasteiger partial charge in [0.05, 0.1) is 0 Å². The van der Waals surface area contributed by atoms with Gasteiger partial charge in [-0.05, 0) is 42.2 Å². The molecule has 6 nitrogen and oxygen atoms in total. The zero-order chi connectivity index (χ0) is 20.3. The maximum Gasteiger partial charge on any atom is 0.251 e. The van der Waals surface area contributed by atoms with Crippen LogP contribution in [0, 0.1) is 0 Å². The van der Waals surface area contributed by atoms with Crippen molar-refractivity contribution in [2.75, 3.05) is 18.5 Å². The van der Waals surface area contributed by atoms with Gasteiger partial charge in [0.1, 0.15) is 19.3 Å². The Morgan fingerprint density at radius 2 is 1.61 bits per heavy atom. The molecule has 28 heavy (non-hydrogen) atoms. The van der Waals surface area contributed by atoms with Crippen molar-refractivity contribution in [3.63, 3.8) is 0 Å². The molecular formula is C22H26N2O4. The van der Waals surface area contributed by atoms with Crippen molar-refractivity contribution < 1.29 is 19.1 Å². The molecule has 1 heterocycles. The van der Waals surface area contributed by atoms with E-state index in [1.54, 1.807) is 37.3 Å². The van der Waals surface area contributed by atoms with E-state index in [0.717, 1.165) is 5.56 Å². The zero-order valence-electron chi connectivity index (χ0n) is 16.7. The average Bonchev–Trinajstić information content (AvgIpc) is 2.67. The Kier molecular flexibility index (Phi) is 5.58. The minimum absolute atomic E-state index is 0.0197. The van der Waals surface area contributed by atoms with Gasteiger partial charge in [-0.3, -0.25) is 9.59 Å². The van der Waals surface area contributed by atoms with Crippen molar-refractivity contribution in [2.45, 2.75) is 39.2 Å². The van der Waals surface area contributed by atoms with E-state index in [2.05, 4.69) is 31.4 Å². The lowest BCUT2D eigenvalue weighted by Gasteiger charge is -2.20. The van der Waals surface area contributed by atoms with E-state index < -0.39 is 6.04 Å². The first-order valence-corrected chi connectivity index (χ1v) is 9.36. The van der Waals surface area contributed by atoms with Gasteiger partial charge in [-0.15, -0.1) is 0 Å². The second-order valence-corrected chi connectivity index (χ2v) is 7.87. The average molecular weight is 382 g/mol. The lowest BCUT2D eigenvalue weighted by molar-refractivity contribution is -0.117. The third-order valence-corrected chi connectivity index (χ3v) is 4.56. The first-order valence-electron chi connectivity index (χ1n) is 9.36. The Labute approximate surface area is 165 Å². The highest BCUT2D eigenvalue weighted by molar-refractivity contribution is 6.01. The fourth-order valence-electron chi connectivity index (χ4n) is 2.84. The molecule has 3 rings (SSSR count). The van der Waals surface area contributed by atoms with Gasteiger partial charge in [0, 0.05) is 17.3 Å². The minimum Gasteiger partial charge on any atom is -0.486 e. The number of carbonyl (C=O) groups is 2. The van der Waals surface area contributed by atoms with Crippen molar-refractivity contribution in [3.8, 4) is 11.5 Å². The molecule has 148 valence electrons. The maximum atomic E-state index is 12.4. The summed E-state index contributed by atoms with van der Waals surface area (Å²) in [5.74, 6) is 0.658. The molecule has 0 saturated carbocycles. The van der Waals surface area contributed by atoms with E-state index in [4.69, 9.17) is 9.47 Å². The largest absolute Gasteiger partial charge is 0.486 e. The number of benzene rings is 2. The highest BCUT2D eigenvalue weighted by Gasteiger charge is 2.19. The molecule has 0 fully saturated rings. The van der Waals surface area contributed by atoms with Crippen molar-refractivity contribution in [1.29, 1.82) is 0 Å². The summed E-state index contributed by atoms with van der Waals surface area (Å²) < 4.78 is 11.0. The SMILES string of the molecule is CC(NC(=O)c1ccc(C(C)(C)C)cc1)C(=O)Nc1ccc2c(c1)OCCO2. The van der Waals surface area contributed by atoms with E-state index in [1.807, 2.05) is 12.1 Å². The van der Waals surface area contributed by atoms with Gasteiger partial charge in [0.2, 0.25) is 5.91 Å². The predicted molar refractivity (Wildman–Crippen MR) is 108 cm³/mol. The summed E-state index contributed by atoms with van der Waals surface area (Å²) in [6.45, 7) is 8.99. The maximum absolute atomic E-state index is 12.4. The lowest BCUT2D eigenvalue weighted by atomic mass is 9.86. The summed E-state index contributed by atoms with van der Waals surface area (Å²) >= 11 is 0.